The van der Waals surface area contributed by atoms with Crippen LogP contribution in [0.3, 0.4) is 0 Å². The molecular formula is C21H24N2O7S. The lowest BCUT2D eigenvalue weighted by Crippen LogP contribution is -2.20. The van der Waals surface area contributed by atoms with Crippen LogP contribution in [0.15, 0.2) is 17.5 Å². The molecule has 3 N–H and O–H groups in total. The molecule has 0 atom stereocenters. The van der Waals surface area contributed by atoms with Crippen LogP contribution < -0.4 is 25.3 Å². The van der Waals surface area contributed by atoms with E-state index in [2.05, 4.69) is 5.32 Å². The van der Waals surface area contributed by atoms with Gasteiger partial charge in [0, 0.05) is 5.56 Å². The standard InChI is InChI=1S/C21H24N2O7S/c1-4-29-21(26)17-13(11-5-6-11)10-31-20(17)23-19(25)12-7-14(27-2)18(15(8-12)28-3)30-9-16(22)24/h7-8,10-11H,4-6,9H2,1-3H3,(H2,22,24)(H,23,25). The summed E-state index contributed by atoms with van der Waals surface area (Å²) in [7, 11) is 2.79. The van der Waals surface area contributed by atoms with Crippen molar-refractivity contribution in [1.82, 2.24) is 0 Å². The Hall–Kier alpha value is -3.27. The van der Waals surface area contributed by atoms with Gasteiger partial charge in [0.2, 0.25) is 5.75 Å². The minimum Gasteiger partial charge on any atom is -0.493 e. The molecule has 10 heteroatoms. The number of carbonyl (C=O) groups is 3. The van der Waals surface area contributed by atoms with Crippen LogP contribution in [-0.4, -0.2) is 45.2 Å². The predicted octanol–water partition coefficient (Wildman–Crippen LogP) is 2.94. The van der Waals surface area contributed by atoms with Crippen molar-refractivity contribution in [3.8, 4) is 17.2 Å². The maximum Gasteiger partial charge on any atom is 0.341 e. The zero-order chi connectivity index (χ0) is 22.5. The monoisotopic (exact) mass is 448 g/mol. The fraction of sp³-hybridized carbons (Fsp3) is 0.381. The summed E-state index contributed by atoms with van der Waals surface area (Å²) >= 11 is 1.28. The highest BCUT2D eigenvalue weighted by molar-refractivity contribution is 7.15. The number of rotatable bonds is 10. The van der Waals surface area contributed by atoms with Crippen LogP contribution in [0.5, 0.6) is 17.2 Å². The Morgan fingerprint density at radius 3 is 2.32 bits per heavy atom. The van der Waals surface area contributed by atoms with Crippen LogP contribution in [0.2, 0.25) is 0 Å². The van der Waals surface area contributed by atoms with Gasteiger partial charge in [-0.15, -0.1) is 11.3 Å². The van der Waals surface area contributed by atoms with Crippen molar-refractivity contribution in [3.63, 3.8) is 0 Å². The van der Waals surface area contributed by atoms with Crippen molar-refractivity contribution in [3.05, 3.63) is 34.2 Å². The second-order valence-corrected chi connectivity index (χ2v) is 7.69. The van der Waals surface area contributed by atoms with Crippen molar-refractivity contribution >= 4 is 34.1 Å². The molecule has 2 amide bonds. The van der Waals surface area contributed by atoms with Crippen LogP contribution in [-0.2, 0) is 9.53 Å². The number of thiophene rings is 1. The third-order valence-electron chi connectivity index (χ3n) is 4.62. The minimum atomic E-state index is -0.665. The van der Waals surface area contributed by atoms with Gasteiger partial charge < -0.3 is 30.0 Å². The van der Waals surface area contributed by atoms with Gasteiger partial charge in [0.05, 0.1) is 26.4 Å². The number of amides is 2. The number of primary amides is 1. The van der Waals surface area contributed by atoms with E-state index in [0.29, 0.717) is 16.5 Å². The first-order valence-corrected chi connectivity index (χ1v) is 10.5. The number of anilines is 1. The molecular weight excluding hydrogens is 424 g/mol. The highest BCUT2D eigenvalue weighted by atomic mass is 32.1. The summed E-state index contributed by atoms with van der Waals surface area (Å²) in [5.74, 6) is -0.717. The third-order valence-corrected chi connectivity index (χ3v) is 5.54. The van der Waals surface area contributed by atoms with E-state index >= 15 is 0 Å². The quantitative estimate of drug-likeness (QED) is 0.535. The molecule has 1 aromatic carbocycles. The van der Waals surface area contributed by atoms with Gasteiger partial charge in [-0.2, -0.15) is 0 Å². The maximum atomic E-state index is 13.0. The Kier molecular flexibility index (Phi) is 7.01. The molecule has 1 aliphatic rings. The number of nitrogens with two attached hydrogens (primary N) is 1. The molecule has 0 spiro atoms. The summed E-state index contributed by atoms with van der Waals surface area (Å²) < 4.78 is 21.1. The van der Waals surface area contributed by atoms with E-state index in [1.807, 2.05) is 5.38 Å². The average Bonchev–Trinajstić information content (AvgIpc) is 3.51. The first kappa shape index (κ1) is 22.4. The van der Waals surface area contributed by atoms with E-state index in [0.717, 1.165) is 18.4 Å². The van der Waals surface area contributed by atoms with Crippen LogP contribution >= 0.6 is 11.3 Å². The summed E-state index contributed by atoms with van der Waals surface area (Å²) in [5, 5.41) is 5.11. The molecule has 1 fully saturated rings. The maximum absolute atomic E-state index is 13.0. The van der Waals surface area contributed by atoms with Gasteiger partial charge in [0.25, 0.3) is 11.8 Å². The number of methoxy groups -OCH3 is 2. The van der Waals surface area contributed by atoms with Crippen molar-refractivity contribution in [2.45, 2.75) is 25.7 Å². The smallest absolute Gasteiger partial charge is 0.341 e. The van der Waals surface area contributed by atoms with E-state index in [1.54, 1.807) is 6.92 Å². The Labute approximate surface area is 183 Å². The van der Waals surface area contributed by atoms with Crippen LogP contribution in [0.25, 0.3) is 0 Å². The minimum absolute atomic E-state index is 0.153. The molecule has 3 rings (SSSR count). The molecule has 9 nitrogen and oxygen atoms in total. The number of carbonyl (C=O) groups excluding carboxylic acids is 3. The van der Waals surface area contributed by atoms with Gasteiger partial charge in [-0.25, -0.2) is 4.79 Å². The number of nitrogens with one attached hydrogen (secondary N) is 1. The van der Waals surface area contributed by atoms with Crippen LogP contribution in [0.4, 0.5) is 5.00 Å². The normalized spacial score (nSPS) is 12.7. The number of hydrogen-bond acceptors (Lipinski definition) is 8. The fourth-order valence-electron chi connectivity index (χ4n) is 3.04. The fourth-order valence-corrected chi connectivity index (χ4v) is 4.07. The molecule has 0 saturated heterocycles. The first-order valence-electron chi connectivity index (χ1n) is 9.66. The molecule has 0 aliphatic heterocycles. The second-order valence-electron chi connectivity index (χ2n) is 6.81. The molecule has 166 valence electrons. The van der Waals surface area contributed by atoms with E-state index < -0.39 is 17.8 Å². The number of benzene rings is 1. The van der Waals surface area contributed by atoms with Crippen LogP contribution in [0, 0.1) is 0 Å². The van der Waals surface area contributed by atoms with Crippen molar-refractivity contribution < 1.29 is 33.3 Å². The molecule has 1 aliphatic carbocycles. The number of esters is 1. The molecule has 1 saturated carbocycles. The summed E-state index contributed by atoms with van der Waals surface area (Å²) in [6, 6.07) is 2.90. The summed E-state index contributed by atoms with van der Waals surface area (Å²) in [4.78, 5) is 36.5. The molecule has 0 unspecified atom stereocenters. The van der Waals surface area contributed by atoms with E-state index in [-0.39, 0.29) is 36.0 Å². The Bertz CT molecular complexity index is 973. The van der Waals surface area contributed by atoms with Gasteiger partial charge in [-0.3, -0.25) is 9.59 Å². The Morgan fingerprint density at radius 1 is 1.16 bits per heavy atom. The van der Waals surface area contributed by atoms with E-state index in [4.69, 9.17) is 24.7 Å². The first-order chi connectivity index (χ1) is 14.9. The van der Waals surface area contributed by atoms with Crippen LogP contribution in [0.1, 0.15) is 52.0 Å². The Balaban J connectivity index is 1.90. The lowest BCUT2D eigenvalue weighted by molar-refractivity contribution is -0.120. The SMILES string of the molecule is CCOC(=O)c1c(C2CC2)csc1NC(=O)c1cc(OC)c(OCC(N)=O)c(OC)c1. The Morgan fingerprint density at radius 2 is 1.81 bits per heavy atom. The molecule has 0 radical (unpaired) electrons. The summed E-state index contributed by atoms with van der Waals surface area (Å²) in [6.07, 6.45) is 2.02. The van der Waals surface area contributed by atoms with Gasteiger partial charge in [0.1, 0.15) is 5.00 Å². The predicted molar refractivity (Wildman–Crippen MR) is 114 cm³/mol. The number of hydrogen-bond donors (Lipinski definition) is 2. The zero-order valence-electron chi connectivity index (χ0n) is 17.5. The lowest BCUT2D eigenvalue weighted by atomic mass is 10.1. The van der Waals surface area contributed by atoms with E-state index in [9.17, 15) is 14.4 Å². The van der Waals surface area contributed by atoms with Gasteiger partial charge in [0.15, 0.2) is 18.1 Å². The lowest BCUT2D eigenvalue weighted by Gasteiger charge is -2.15. The second kappa shape index (κ2) is 9.69. The molecule has 1 aromatic heterocycles. The van der Waals surface area contributed by atoms with Gasteiger partial charge in [-0.05, 0) is 48.8 Å². The summed E-state index contributed by atoms with van der Waals surface area (Å²) in [5.41, 5.74) is 6.66. The van der Waals surface area contributed by atoms with Gasteiger partial charge >= 0.3 is 5.97 Å². The topological polar surface area (TPSA) is 126 Å². The van der Waals surface area contributed by atoms with Crippen molar-refractivity contribution in [2.75, 3.05) is 32.8 Å². The highest BCUT2D eigenvalue weighted by Gasteiger charge is 2.32. The molecule has 0 bridgehead atoms. The largest absolute Gasteiger partial charge is 0.493 e. The summed E-state index contributed by atoms with van der Waals surface area (Å²) in [6.45, 7) is 1.60. The van der Waals surface area contributed by atoms with Gasteiger partial charge in [-0.1, -0.05) is 0 Å². The third kappa shape index (κ3) is 5.08. The zero-order valence-corrected chi connectivity index (χ0v) is 18.3. The van der Waals surface area contributed by atoms with Crippen molar-refractivity contribution in [1.29, 1.82) is 0 Å². The molecule has 1 heterocycles. The molecule has 2 aromatic rings. The van der Waals surface area contributed by atoms with E-state index in [1.165, 1.54) is 37.7 Å². The van der Waals surface area contributed by atoms with Crippen molar-refractivity contribution in [2.24, 2.45) is 5.73 Å². The number of ether oxygens (including phenoxy) is 4. The molecule has 31 heavy (non-hydrogen) atoms. The highest BCUT2D eigenvalue weighted by Crippen LogP contribution is 2.46. The average molecular weight is 448 g/mol.